The van der Waals surface area contributed by atoms with E-state index in [4.69, 9.17) is 0 Å². The molecule has 0 atom stereocenters. The highest BCUT2D eigenvalue weighted by Gasteiger charge is 2.23. The minimum atomic E-state index is -3.88. The highest BCUT2D eigenvalue weighted by Crippen LogP contribution is 2.31. The zero-order valence-electron chi connectivity index (χ0n) is 10.8. The third-order valence-corrected chi connectivity index (χ3v) is 6.10. The van der Waals surface area contributed by atoms with Crippen LogP contribution < -0.4 is 0 Å². The fourth-order valence-corrected chi connectivity index (χ4v) is 4.43. The molecule has 0 fully saturated rings. The summed E-state index contributed by atoms with van der Waals surface area (Å²) in [4.78, 5) is 14.0. The molecule has 2 aromatic carbocycles. The van der Waals surface area contributed by atoms with Gasteiger partial charge in [-0.05, 0) is 30.3 Å². The highest BCUT2D eigenvalue weighted by atomic mass is 32.2. The van der Waals surface area contributed by atoms with Crippen molar-refractivity contribution in [3.8, 4) is 0 Å². The molecule has 0 aliphatic heterocycles. The van der Waals surface area contributed by atoms with Gasteiger partial charge in [-0.25, -0.2) is 17.8 Å². The van der Waals surface area contributed by atoms with E-state index in [9.17, 15) is 22.9 Å². The molecule has 3 aromatic rings. The van der Waals surface area contributed by atoms with Crippen LogP contribution in [-0.2, 0) is 9.84 Å². The van der Waals surface area contributed by atoms with Crippen LogP contribution >= 0.6 is 11.3 Å². The van der Waals surface area contributed by atoms with E-state index >= 15 is 0 Å². The van der Waals surface area contributed by atoms with Crippen LogP contribution in [0.15, 0.2) is 51.7 Å². The topological polar surface area (TPSA) is 90.2 Å². The summed E-state index contributed by atoms with van der Waals surface area (Å²) in [6.45, 7) is 0. The lowest BCUT2D eigenvalue weighted by Crippen LogP contribution is -2.01. The maximum atomic E-state index is 12.9. The van der Waals surface area contributed by atoms with Gasteiger partial charge in [-0.2, -0.15) is 0 Å². The van der Waals surface area contributed by atoms with Gasteiger partial charge in [0.1, 0.15) is 5.82 Å². The fraction of sp³-hybridized carbons (Fsp3) is 0. The molecule has 6 nitrogen and oxygen atoms in total. The summed E-state index contributed by atoms with van der Waals surface area (Å²) in [5, 5.41) is 10.7. The van der Waals surface area contributed by atoms with Gasteiger partial charge < -0.3 is 0 Å². The lowest BCUT2D eigenvalue weighted by atomic mass is 10.3. The van der Waals surface area contributed by atoms with Gasteiger partial charge in [0.15, 0.2) is 0 Å². The quantitative estimate of drug-likeness (QED) is 0.415. The molecular formula is C13H7FN2O4S2. The smallest absolute Gasteiger partial charge is 0.258 e. The lowest BCUT2D eigenvalue weighted by Gasteiger charge is -1.99. The monoisotopic (exact) mass is 338 g/mol. The van der Waals surface area contributed by atoms with Crippen LogP contribution in [0.1, 0.15) is 0 Å². The van der Waals surface area contributed by atoms with Gasteiger partial charge in [-0.1, -0.05) is 0 Å². The number of hydrogen-bond donors (Lipinski definition) is 0. The Kier molecular flexibility index (Phi) is 3.38. The molecule has 1 aromatic heterocycles. The number of thiazole rings is 1. The van der Waals surface area contributed by atoms with Gasteiger partial charge in [0.25, 0.3) is 5.69 Å². The Bertz CT molecular complexity index is 981. The number of non-ortho nitro benzene ring substituents is 1. The van der Waals surface area contributed by atoms with E-state index in [0.717, 1.165) is 35.6 Å². The Morgan fingerprint density at radius 1 is 1.14 bits per heavy atom. The van der Waals surface area contributed by atoms with Crippen LogP contribution in [0.2, 0.25) is 0 Å². The summed E-state index contributed by atoms with van der Waals surface area (Å²) in [5.41, 5.74) is 0.0726. The molecule has 1 heterocycles. The maximum absolute atomic E-state index is 12.9. The molecule has 9 heteroatoms. The molecule has 0 aliphatic rings. The third kappa shape index (κ3) is 2.44. The van der Waals surface area contributed by atoms with Crippen molar-refractivity contribution < 1.29 is 17.7 Å². The van der Waals surface area contributed by atoms with Gasteiger partial charge in [0.05, 0.1) is 20.0 Å². The van der Waals surface area contributed by atoms with Crippen molar-refractivity contribution in [3.05, 3.63) is 58.4 Å². The second-order valence-electron chi connectivity index (χ2n) is 4.35. The zero-order valence-corrected chi connectivity index (χ0v) is 12.4. The molecule has 0 unspecified atom stereocenters. The first-order chi connectivity index (χ1) is 10.4. The number of benzene rings is 2. The van der Waals surface area contributed by atoms with Crippen LogP contribution in [0.5, 0.6) is 0 Å². The minimum Gasteiger partial charge on any atom is -0.258 e. The van der Waals surface area contributed by atoms with Crippen molar-refractivity contribution >= 4 is 37.1 Å². The number of rotatable bonds is 3. The van der Waals surface area contributed by atoms with Gasteiger partial charge in [-0.15, -0.1) is 11.3 Å². The molecule has 0 spiro atoms. The second-order valence-corrected chi connectivity index (χ2v) is 7.50. The first-order valence-corrected chi connectivity index (χ1v) is 8.23. The van der Waals surface area contributed by atoms with E-state index in [2.05, 4.69) is 4.98 Å². The van der Waals surface area contributed by atoms with Crippen molar-refractivity contribution in [1.82, 2.24) is 4.98 Å². The van der Waals surface area contributed by atoms with E-state index < -0.39 is 20.6 Å². The lowest BCUT2D eigenvalue weighted by molar-refractivity contribution is -0.384. The summed E-state index contributed by atoms with van der Waals surface area (Å²) < 4.78 is 38.1. The summed E-state index contributed by atoms with van der Waals surface area (Å²) in [5.74, 6) is -0.543. The molecule has 22 heavy (non-hydrogen) atoms. The fourth-order valence-electron chi connectivity index (χ4n) is 1.84. The predicted octanol–water partition coefficient (Wildman–Crippen LogP) is 3.18. The average Bonchev–Trinajstić information content (AvgIpc) is 2.91. The Labute approximate surface area is 127 Å². The van der Waals surface area contributed by atoms with Crippen molar-refractivity contribution in [2.24, 2.45) is 0 Å². The van der Waals surface area contributed by atoms with Crippen LogP contribution in [0.25, 0.3) is 10.2 Å². The average molecular weight is 338 g/mol. The van der Waals surface area contributed by atoms with Crippen molar-refractivity contribution in [2.45, 2.75) is 9.24 Å². The molecule has 0 saturated heterocycles. The van der Waals surface area contributed by atoms with Gasteiger partial charge in [-0.3, -0.25) is 10.1 Å². The van der Waals surface area contributed by atoms with Crippen LogP contribution in [0.4, 0.5) is 10.1 Å². The molecule has 0 N–H and O–H groups in total. The van der Waals surface area contributed by atoms with Crippen molar-refractivity contribution in [3.63, 3.8) is 0 Å². The van der Waals surface area contributed by atoms with Gasteiger partial charge >= 0.3 is 0 Å². The highest BCUT2D eigenvalue weighted by molar-refractivity contribution is 7.93. The summed E-state index contributed by atoms with van der Waals surface area (Å²) in [7, 11) is -3.88. The van der Waals surface area contributed by atoms with E-state index in [1.165, 1.54) is 18.2 Å². The number of halogens is 1. The zero-order chi connectivity index (χ0) is 15.9. The van der Waals surface area contributed by atoms with Gasteiger partial charge in [0.2, 0.25) is 14.2 Å². The number of nitrogens with zero attached hydrogens (tertiary/aromatic N) is 2. The first kappa shape index (κ1) is 14.5. The molecule has 0 amide bonds. The predicted molar refractivity (Wildman–Crippen MR) is 78.1 cm³/mol. The van der Waals surface area contributed by atoms with Crippen LogP contribution in [0.3, 0.4) is 0 Å². The molecule has 0 bridgehead atoms. The Morgan fingerprint density at radius 3 is 2.45 bits per heavy atom. The number of nitro benzene ring substituents is 1. The van der Waals surface area contributed by atoms with E-state index in [1.807, 2.05) is 0 Å². The van der Waals surface area contributed by atoms with Crippen molar-refractivity contribution in [1.29, 1.82) is 0 Å². The number of fused-ring (bicyclic) bond motifs is 1. The largest absolute Gasteiger partial charge is 0.271 e. The Balaban J connectivity index is 2.13. The van der Waals surface area contributed by atoms with Gasteiger partial charge in [0, 0.05) is 12.1 Å². The molecule has 0 saturated carbocycles. The standard InChI is InChI=1S/C13H7FN2O4S2/c14-8-1-4-10(5-2-8)22(19,20)13-15-11-7-9(16(17)18)3-6-12(11)21-13/h1-7H. The third-order valence-electron chi connectivity index (χ3n) is 2.92. The molecule has 0 radical (unpaired) electrons. The normalized spacial score (nSPS) is 11.7. The maximum Gasteiger partial charge on any atom is 0.271 e. The molecule has 3 rings (SSSR count). The van der Waals surface area contributed by atoms with E-state index in [1.54, 1.807) is 0 Å². The molecule has 0 aliphatic carbocycles. The Morgan fingerprint density at radius 2 is 1.82 bits per heavy atom. The van der Waals surface area contributed by atoms with E-state index in [-0.39, 0.29) is 20.4 Å². The number of sulfone groups is 1. The number of aromatic nitrogens is 1. The Hall–Kier alpha value is -2.39. The van der Waals surface area contributed by atoms with Crippen LogP contribution in [-0.4, -0.2) is 18.3 Å². The van der Waals surface area contributed by atoms with E-state index in [0.29, 0.717) is 4.70 Å². The minimum absolute atomic E-state index is 0.0811. The first-order valence-electron chi connectivity index (χ1n) is 5.93. The summed E-state index contributed by atoms with van der Waals surface area (Å²) in [6.07, 6.45) is 0. The van der Waals surface area contributed by atoms with Crippen molar-refractivity contribution in [2.75, 3.05) is 0 Å². The number of nitro groups is 1. The molecule has 112 valence electrons. The SMILES string of the molecule is O=[N+]([O-])c1ccc2sc(S(=O)(=O)c3ccc(F)cc3)nc2c1. The molecular weight excluding hydrogens is 331 g/mol. The second kappa shape index (κ2) is 5.11. The summed E-state index contributed by atoms with van der Waals surface area (Å²) in [6, 6.07) is 8.35. The number of hydrogen-bond acceptors (Lipinski definition) is 6. The van der Waals surface area contributed by atoms with Crippen LogP contribution in [0, 0.1) is 15.9 Å². The summed E-state index contributed by atoms with van der Waals surface area (Å²) >= 11 is 0.908.